The van der Waals surface area contributed by atoms with Crippen molar-refractivity contribution >= 4 is 29.4 Å². The second kappa shape index (κ2) is 7.07. The fraction of sp³-hybridized carbons (Fsp3) is 0.444. The molecule has 1 aromatic heterocycles. The predicted molar refractivity (Wildman–Crippen MR) is 95.5 cm³/mol. The number of aromatic nitrogens is 2. The third kappa shape index (κ3) is 3.44. The van der Waals surface area contributed by atoms with Gasteiger partial charge in [0.15, 0.2) is 0 Å². The van der Waals surface area contributed by atoms with Crippen LogP contribution in [0, 0.1) is 0 Å². The third-order valence-corrected chi connectivity index (χ3v) is 5.22. The first-order chi connectivity index (χ1) is 12.6. The minimum absolute atomic E-state index is 0.0280. The lowest BCUT2D eigenvalue weighted by Crippen LogP contribution is -2.43. The number of hydrogen-bond acceptors (Lipinski definition) is 6. The Morgan fingerprint density at radius 3 is 2.54 bits per heavy atom. The lowest BCUT2D eigenvalue weighted by atomic mass is 9.90. The minimum atomic E-state index is -0.0329. The first-order valence-electron chi connectivity index (χ1n) is 8.81. The van der Waals surface area contributed by atoms with Crippen molar-refractivity contribution < 1.29 is 14.1 Å². The van der Waals surface area contributed by atoms with Crippen LogP contribution in [0.25, 0.3) is 11.4 Å². The summed E-state index contributed by atoms with van der Waals surface area (Å²) in [6, 6.07) is 7.87. The van der Waals surface area contributed by atoms with Gasteiger partial charge in [-0.2, -0.15) is 4.98 Å². The first kappa shape index (κ1) is 17.0. The summed E-state index contributed by atoms with van der Waals surface area (Å²) in [5, 5.41) is 7.86. The summed E-state index contributed by atoms with van der Waals surface area (Å²) in [5.41, 5.74) is 0.795. The number of imide groups is 1. The standard InChI is InChI=1S/C18H19ClN4O3/c19-12-3-1-2-11(10-12)17-21-18(26-22-17)20-13-4-6-14(7-5-13)23-15(24)8-9-16(23)25/h1-3,10,13-14H,4-9H2,(H,20,21,22). The summed E-state index contributed by atoms with van der Waals surface area (Å²) in [6.07, 6.45) is 3.98. The molecular formula is C18H19ClN4O3. The van der Waals surface area contributed by atoms with Crippen molar-refractivity contribution in [1.82, 2.24) is 15.0 Å². The van der Waals surface area contributed by atoms with E-state index in [1.165, 1.54) is 4.90 Å². The molecular weight excluding hydrogens is 356 g/mol. The molecule has 0 atom stereocenters. The van der Waals surface area contributed by atoms with Gasteiger partial charge >= 0.3 is 6.01 Å². The Morgan fingerprint density at radius 1 is 1.12 bits per heavy atom. The van der Waals surface area contributed by atoms with Crippen LogP contribution in [0.15, 0.2) is 28.8 Å². The van der Waals surface area contributed by atoms with Gasteiger partial charge in [0.1, 0.15) is 0 Å². The van der Waals surface area contributed by atoms with Gasteiger partial charge < -0.3 is 9.84 Å². The Labute approximate surface area is 155 Å². The number of carbonyl (C=O) groups is 2. The maximum Gasteiger partial charge on any atom is 0.322 e. The summed E-state index contributed by atoms with van der Waals surface area (Å²) in [4.78, 5) is 29.6. The highest BCUT2D eigenvalue weighted by Gasteiger charge is 2.37. The van der Waals surface area contributed by atoms with Crippen molar-refractivity contribution in [3.63, 3.8) is 0 Å². The maximum absolute atomic E-state index is 11.9. The Hall–Kier alpha value is -2.41. The molecule has 26 heavy (non-hydrogen) atoms. The number of halogens is 1. The van der Waals surface area contributed by atoms with E-state index in [-0.39, 0.29) is 23.9 Å². The molecule has 2 aromatic rings. The monoisotopic (exact) mass is 374 g/mol. The highest BCUT2D eigenvalue weighted by atomic mass is 35.5. The highest BCUT2D eigenvalue weighted by molar-refractivity contribution is 6.30. The van der Waals surface area contributed by atoms with E-state index in [1.54, 1.807) is 12.1 Å². The van der Waals surface area contributed by atoms with Gasteiger partial charge in [-0.1, -0.05) is 28.9 Å². The second-order valence-corrected chi connectivity index (χ2v) is 7.18. The highest BCUT2D eigenvalue weighted by Crippen LogP contribution is 2.29. The van der Waals surface area contributed by atoms with Gasteiger partial charge in [0.2, 0.25) is 17.6 Å². The molecule has 0 spiro atoms. The van der Waals surface area contributed by atoms with Crippen molar-refractivity contribution in [1.29, 1.82) is 0 Å². The molecule has 2 heterocycles. The normalized spacial score (nSPS) is 23.5. The van der Waals surface area contributed by atoms with E-state index in [1.807, 2.05) is 12.1 Å². The number of likely N-dealkylation sites (tertiary alicyclic amines) is 1. The molecule has 136 valence electrons. The van der Waals surface area contributed by atoms with Crippen molar-refractivity contribution in [3.05, 3.63) is 29.3 Å². The molecule has 1 N–H and O–H groups in total. The van der Waals surface area contributed by atoms with Crippen LogP contribution in [-0.4, -0.2) is 38.9 Å². The van der Waals surface area contributed by atoms with Gasteiger partial charge in [-0.3, -0.25) is 14.5 Å². The predicted octanol–water partition coefficient (Wildman–Crippen LogP) is 3.26. The van der Waals surface area contributed by atoms with Crippen LogP contribution < -0.4 is 5.32 Å². The van der Waals surface area contributed by atoms with Gasteiger partial charge in [0.05, 0.1) is 0 Å². The van der Waals surface area contributed by atoms with Crippen molar-refractivity contribution in [2.75, 3.05) is 5.32 Å². The van der Waals surface area contributed by atoms with Crippen LogP contribution in [0.3, 0.4) is 0 Å². The minimum Gasteiger partial charge on any atom is -0.335 e. The number of rotatable bonds is 4. The molecule has 2 amide bonds. The number of benzene rings is 1. The molecule has 0 radical (unpaired) electrons. The first-order valence-corrected chi connectivity index (χ1v) is 9.19. The SMILES string of the molecule is O=C1CCC(=O)N1C1CCC(Nc2nc(-c3cccc(Cl)c3)no2)CC1. The van der Waals surface area contributed by atoms with E-state index >= 15 is 0 Å². The van der Waals surface area contributed by atoms with Crippen molar-refractivity contribution in [3.8, 4) is 11.4 Å². The molecule has 1 saturated carbocycles. The van der Waals surface area contributed by atoms with E-state index in [9.17, 15) is 9.59 Å². The summed E-state index contributed by atoms with van der Waals surface area (Å²) in [6.45, 7) is 0. The molecule has 1 saturated heterocycles. The van der Waals surface area contributed by atoms with Crippen molar-refractivity contribution in [2.45, 2.75) is 50.6 Å². The van der Waals surface area contributed by atoms with Crippen LogP contribution >= 0.6 is 11.6 Å². The Bertz CT molecular complexity index is 813. The molecule has 0 unspecified atom stereocenters. The zero-order valence-electron chi connectivity index (χ0n) is 14.2. The maximum atomic E-state index is 11.9. The van der Waals surface area contributed by atoms with E-state index in [2.05, 4.69) is 15.5 Å². The zero-order valence-corrected chi connectivity index (χ0v) is 14.9. The van der Waals surface area contributed by atoms with E-state index < -0.39 is 0 Å². The Balaban J connectivity index is 1.35. The number of carbonyl (C=O) groups excluding carboxylic acids is 2. The lowest BCUT2D eigenvalue weighted by molar-refractivity contribution is -0.141. The third-order valence-electron chi connectivity index (χ3n) is 4.99. The zero-order chi connectivity index (χ0) is 18.1. The molecule has 4 rings (SSSR count). The number of nitrogens with one attached hydrogen (secondary N) is 1. The number of hydrogen-bond donors (Lipinski definition) is 1. The van der Waals surface area contributed by atoms with Gasteiger partial charge in [-0.05, 0) is 37.8 Å². The van der Waals surface area contributed by atoms with Crippen LogP contribution in [0.5, 0.6) is 0 Å². The summed E-state index contributed by atoms with van der Waals surface area (Å²) in [7, 11) is 0. The Morgan fingerprint density at radius 2 is 1.85 bits per heavy atom. The summed E-state index contributed by atoms with van der Waals surface area (Å²) >= 11 is 5.99. The lowest BCUT2D eigenvalue weighted by Gasteiger charge is -2.33. The summed E-state index contributed by atoms with van der Waals surface area (Å²) < 4.78 is 5.29. The molecule has 1 aromatic carbocycles. The van der Waals surface area contributed by atoms with Crippen molar-refractivity contribution in [2.24, 2.45) is 0 Å². The largest absolute Gasteiger partial charge is 0.335 e. The van der Waals surface area contributed by atoms with Crippen LogP contribution in [0.2, 0.25) is 5.02 Å². The summed E-state index contributed by atoms with van der Waals surface area (Å²) in [5.74, 6) is 0.417. The fourth-order valence-corrected chi connectivity index (χ4v) is 3.87. The molecule has 7 nitrogen and oxygen atoms in total. The molecule has 1 aliphatic carbocycles. The van der Waals surface area contributed by atoms with Crippen LogP contribution in [0.1, 0.15) is 38.5 Å². The van der Waals surface area contributed by atoms with Crippen LogP contribution in [-0.2, 0) is 9.59 Å². The van der Waals surface area contributed by atoms with Gasteiger partial charge in [-0.25, -0.2) is 0 Å². The number of nitrogens with zero attached hydrogens (tertiary/aromatic N) is 3. The van der Waals surface area contributed by atoms with Crippen LogP contribution in [0.4, 0.5) is 6.01 Å². The molecule has 2 aliphatic rings. The Kier molecular flexibility index (Phi) is 4.63. The molecule has 2 fully saturated rings. The number of amides is 2. The topological polar surface area (TPSA) is 88.3 Å². The fourth-order valence-electron chi connectivity index (χ4n) is 3.68. The second-order valence-electron chi connectivity index (χ2n) is 6.74. The quantitative estimate of drug-likeness (QED) is 0.826. The molecule has 8 heteroatoms. The molecule has 1 aliphatic heterocycles. The van der Waals surface area contributed by atoms with E-state index in [4.69, 9.17) is 16.1 Å². The van der Waals surface area contributed by atoms with E-state index in [0.717, 1.165) is 31.2 Å². The van der Waals surface area contributed by atoms with E-state index in [0.29, 0.717) is 29.7 Å². The smallest absolute Gasteiger partial charge is 0.322 e. The average Bonchev–Trinajstić information content (AvgIpc) is 3.23. The molecule has 0 bridgehead atoms. The van der Waals surface area contributed by atoms with Gasteiger partial charge in [0, 0.05) is 35.5 Å². The van der Waals surface area contributed by atoms with Gasteiger partial charge in [-0.15, -0.1) is 0 Å². The van der Waals surface area contributed by atoms with Gasteiger partial charge in [0.25, 0.3) is 0 Å². The number of anilines is 1. The average molecular weight is 375 g/mol.